The lowest BCUT2D eigenvalue weighted by Crippen LogP contribution is -2.61. The molecule has 0 radical (unpaired) electrons. The van der Waals surface area contributed by atoms with Crippen molar-refractivity contribution in [2.75, 3.05) is 6.54 Å². The van der Waals surface area contributed by atoms with Gasteiger partial charge in [-0.1, -0.05) is 19.9 Å². The molecular weight excluding hydrogens is 402 g/mol. The second kappa shape index (κ2) is 5.93. The lowest BCUT2D eigenvalue weighted by atomic mass is 9.65. The van der Waals surface area contributed by atoms with E-state index in [9.17, 15) is 9.59 Å². The zero-order valence-corrected chi connectivity index (χ0v) is 18.0. The number of thiophene rings is 1. The molecule has 3 saturated carbocycles. The van der Waals surface area contributed by atoms with Gasteiger partial charge in [-0.2, -0.15) is 0 Å². The van der Waals surface area contributed by atoms with Crippen molar-refractivity contribution < 1.29 is 18.7 Å². The van der Waals surface area contributed by atoms with Crippen molar-refractivity contribution in [1.29, 1.82) is 0 Å². The first-order chi connectivity index (χ1) is 14.4. The maximum Gasteiger partial charge on any atom is 0.333 e. The second-order valence-electron chi connectivity index (χ2n) is 9.80. The van der Waals surface area contributed by atoms with Crippen molar-refractivity contribution in [3.05, 3.63) is 23.4 Å². The van der Waals surface area contributed by atoms with Gasteiger partial charge in [0.25, 0.3) is 11.8 Å². The molecule has 30 heavy (non-hydrogen) atoms. The van der Waals surface area contributed by atoms with Crippen LogP contribution in [0.5, 0.6) is 0 Å². The van der Waals surface area contributed by atoms with Crippen molar-refractivity contribution in [1.82, 2.24) is 15.1 Å². The van der Waals surface area contributed by atoms with E-state index in [0.717, 1.165) is 30.6 Å². The summed E-state index contributed by atoms with van der Waals surface area (Å²) in [6, 6.07) is 3.82. The van der Waals surface area contributed by atoms with Crippen LogP contribution >= 0.6 is 11.3 Å². The van der Waals surface area contributed by atoms with E-state index >= 15 is 0 Å². The number of likely N-dealkylation sites (tertiary alicyclic amines) is 1. The van der Waals surface area contributed by atoms with Crippen LogP contribution in [-0.2, 0) is 20.9 Å². The van der Waals surface area contributed by atoms with Gasteiger partial charge < -0.3 is 14.1 Å². The van der Waals surface area contributed by atoms with Gasteiger partial charge in [-0.3, -0.25) is 4.79 Å². The van der Waals surface area contributed by atoms with E-state index in [4.69, 9.17) is 9.15 Å². The molecule has 0 spiro atoms. The van der Waals surface area contributed by atoms with Crippen LogP contribution in [0.25, 0.3) is 10.8 Å². The molecule has 0 N–H and O–H groups in total. The molecule has 7 nitrogen and oxygen atoms in total. The Morgan fingerprint density at radius 1 is 1.30 bits per heavy atom. The van der Waals surface area contributed by atoms with Crippen LogP contribution in [0.15, 0.2) is 21.9 Å². The Hall–Kier alpha value is -2.22. The molecule has 6 rings (SSSR count). The lowest BCUT2D eigenvalue weighted by Gasteiger charge is -2.46. The van der Waals surface area contributed by atoms with E-state index in [2.05, 4.69) is 24.0 Å². The van der Waals surface area contributed by atoms with Crippen molar-refractivity contribution in [3.63, 3.8) is 0 Å². The van der Waals surface area contributed by atoms with Gasteiger partial charge >= 0.3 is 5.97 Å². The van der Waals surface area contributed by atoms with E-state index < -0.39 is 5.54 Å². The number of carbonyl (C=O) groups excluding carboxylic acids is 2. The molecule has 2 aromatic heterocycles. The van der Waals surface area contributed by atoms with Crippen LogP contribution in [0.2, 0.25) is 0 Å². The molecule has 1 saturated heterocycles. The summed E-state index contributed by atoms with van der Waals surface area (Å²) in [6.45, 7) is 5.07. The molecule has 4 bridgehead atoms. The fourth-order valence-corrected chi connectivity index (χ4v) is 7.22. The molecule has 4 atom stereocenters. The van der Waals surface area contributed by atoms with Crippen molar-refractivity contribution in [2.24, 2.45) is 22.7 Å². The summed E-state index contributed by atoms with van der Waals surface area (Å²) in [5, 5.41) is 10.0. The standard InChI is InChI=1S/C22H25N3O4S/c1-20-12-25(18(26)13-5-6-13)22(10-14(20)7-8-21(20,22)2)19(27)28-11-16-23-24-17(29-16)15-4-3-9-30-15/h3-4,9,13-14H,5-8,10-12H2,1-2H3. The molecular formula is C22H25N3O4S. The number of amides is 1. The Morgan fingerprint density at radius 3 is 2.83 bits per heavy atom. The number of hydrogen-bond donors (Lipinski definition) is 0. The quantitative estimate of drug-likeness (QED) is 0.677. The Kier molecular flexibility index (Phi) is 3.67. The first-order valence-corrected chi connectivity index (χ1v) is 11.6. The van der Waals surface area contributed by atoms with E-state index in [1.807, 2.05) is 22.4 Å². The average Bonchev–Trinajstić information content (AvgIpc) is 3.05. The van der Waals surface area contributed by atoms with Crippen molar-refractivity contribution in [2.45, 2.75) is 58.1 Å². The largest absolute Gasteiger partial charge is 0.454 e. The highest BCUT2D eigenvalue weighted by Gasteiger charge is 2.81. The zero-order valence-electron chi connectivity index (χ0n) is 17.2. The number of aromatic nitrogens is 2. The number of nitrogens with zero attached hydrogens (tertiary/aromatic N) is 3. The molecule has 4 unspecified atom stereocenters. The molecule has 4 fully saturated rings. The summed E-state index contributed by atoms with van der Waals surface area (Å²) in [5.74, 6) is 1.09. The van der Waals surface area contributed by atoms with Gasteiger partial charge in [-0.15, -0.1) is 21.5 Å². The highest BCUT2D eigenvalue weighted by Crippen LogP contribution is 2.76. The highest BCUT2D eigenvalue weighted by atomic mass is 32.1. The molecule has 8 heteroatoms. The van der Waals surface area contributed by atoms with Crippen molar-refractivity contribution in [3.8, 4) is 10.8 Å². The van der Waals surface area contributed by atoms with Gasteiger partial charge in [0, 0.05) is 17.9 Å². The summed E-state index contributed by atoms with van der Waals surface area (Å²) >= 11 is 1.51. The molecule has 1 aliphatic heterocycles. The zero-order chi connectivity index (χ0) is 20.7. The SMILES string of the molecule is CC12CN(C(=O)C3CC3)C3(C(=O)OCc4nnc(-c5cccs5)o4)CC1CCC23C. The first kappa shape index (κ1) is 18.5. The van der Waals surface area contributed by atoms with Gasteiger partial charge in [-0.25, -0.2) is 4.79 Å². The fraction of sp³-hybridized carbons (Fsp3) is 0.636. The molecule has 4 aliphatic rings. The van der Waals surface area contributed by atoms with Crippen LogP contribution in [0.1, 0.15) is 51.8 Å². The summed E-state index contributed by atoms with van der Waals surface area (Å²) in [4.78, 5) is 29.6. The Labute approximate surface area is 178 Å². The third-order valence-electron chi connectivity index (χ3n) is 8.61. The van der Waals surface area contributed by atoms with Crippen LogP contribution in [0.3, 0.4) is 0 Å². The number of rotatable bonds is 5. The molecule has 2 aromatic rings. The maximum absolute atomic E-state index is 13.6. The minimum atomic E-state index is -0.860. The minimum absolute atomic E-state index is 0.0204. The van der Waals surface area contributed by atoms with E-state index in [1.54, 1.807) is 0 Å². The second-order valence-corrected chi connectivity index (χ2v) is 10.8. The van der Waals surface area contributed by atoms with Crippen LogP contribution in [-0.4, -0.2) is 39.1 Å². The van der Waals surface area contributed by atoms with Gasteiger partial charge in [0.05, 0.1) is 4.88 Å². The van der Waals surface area contributed by atoms with E-state index in [-0.39, 0.29) is 41.1 Å². The Balaban J connectivity index is 1.27. The van der Waals surface area contributed by atoms with Gasteiger partial charge in [0.1, 0.15) is 5.54 Å². The number of piperidine rings is 1. The monoisotopic (exact) mass is 427 g/mol. The van der Waals surface area contributed by atoms with Gasteiger partial charge in [-0.05, 0) is 54.9 Å². The van der Waals surface area contributed by atoms with Gasteiger partial charge in [0.2, 0.25) is 5.91 Å². The molecule has 1 amide bonds. The summed E-state index contributed by atoms with van der Waals surface area (Å²) in [6.07, 6.45) is 4.67. The highest BCUT2D eigenvalue weighted by molar-refractivity contribution is 7.13. The smallest absolute Gasteiger partial charge is 0.333 e. The summed E-state index contributed by atoms with van der Waals surface area (Å²) in [7, 11) is 0. The summed E-state index contributed by atoms with van der Waals surface area (Å²) in [5.41, 5.74) is -1.13. The number of carbonyl (C=O) groups is 2. The molecule has 3 heterocycles. The molecule has 3 aliphatic carbocycles. The third kappa shape index (κ3) is 2.15. The topological polar surface area (TPSA) is 85.5 Å². The Morgan fingerprint density at radius 2 is 2.13 bits per heavy atom. The van der Waals surface area contributed by atoms with Crippen LogP contribution in [0, 0.1) is 22.7 Å². The number of hydrogen-bond acceptors (Lipinski definition) is 7. The van der Waals surface area contributed by atoms with Crippen molar-refractivity contribution >= 4 is 23.2 Å². The van der Waals surface area contributed by atoms with Gasteiger partial charge in [0.15, 0.2) is 6.61 Å². The third-order valence-corrected chi connectivity index (χ3v) is 9.47. The molecule has 158 valence electrons. The average molecular weight is 428 g/mol. The fourth-order valence-electron chi connectivity index (χ4n) is 6.57. The predicted molar refractivity (Wildman–Crippen MR) is 108 cm³/mol. The molecule has 0 aromatic carbocycles. The first-order valence-electron chi connectivity index (χ1n) is 10.7. The maximum atomic E-state index is 13.6. The van der Waals surface area contributed by atoms with E-state index in [0.29, 0.717) is 24.8 Å². The predicted octanol–water partition coefficient (Wildman–Crippen LogP) is 3.66. The van der Waals surface area contributed by atoms with Crippen LogP contribution in [0.4, 0.5) is 0 Å². The minimum Gasteiger partial charge on any atom is -0.454 e. The number of esters is 1. The normalized spacial score (nSPS) is 36.5. The lowest BCUT2D eigenvalue weighted by molar-refractivity contribution is -0.172. The summed E-state index contributed by atoms with van der Waals surface area (Å²) < 4.78 is 11.5. The number of ether oxygens (including phenoxy) is 1. The van der Waals surface area contributed by atoms with E-state index in [1.165, 1.54) is 11.3 Å². The van der Waals surface area contributed by atoms with Crippen LogP contribution < -0.4 is 0 Å². The Bertz CT molecular complexity index is 1030.